The van der Waals surface area contributed by atoms with Gasteiger partial charge in [0.05, 0.1) is 22.9 Å². The number of nitrogens with zero attached hydrogens (tertiary/aromatic N) is 3. The van der Waals surface area contributed by atoms with Crippen molar-refractivity contribution < 1.29 is 14.4 Å². The molecular weight excluding hydrogens is 516 g/mol. The van der Waals surface area contributed by atoms with Crippen LogP contribution in [0.5, 0.6) is 0 Å². The van der Waals surface area contributed by atoms with Gasteiger partial charge in [-0.05, 0) is 61.9 Å². The summed E-state index contributed by atoms with van der Waals surface area (Å²) >= 11 is 0. The van der Waals surface area contributed by atoms with Gasteiger partial charge in [-0.15, -0.1) is 0 Å². The number of aromatic nitrogens is 2. The lowest BCUT2D eigenvalue weighted by molar-refractivity contribution is -0.136. The van der Waals surface area contributed by atoms with Crippen molar-refractivity contribution in [2.75, 3.05) is 0 Å². The molecule has 3 aromatic rings. The molecule has 2 aliphatic heterocycles. The zero-order valence-electron chi connectivity index (χ0n) is 23.4. The molecule has 1 saturated heterocycles. The Morgan fingerprint density at radius 2 is 1.93 bits per heavy atom. The number of para-hydroxylation sites is 2. The molecule has 3 N–H and O–H groups in total. The fourth-order valence-electron chi connectivity index (χ4n) is 5.49. The number of nitrogens with one attached hydrogen (secondary N) is 3. The SMILES string of the molecule is CC(CCCCCCc1ccc2c(c1)C(=O)N(C1CCC(=O)NC1=O)C2)N/C=C(\C=N)c1cnc2ccccc2n1. The number of benzene rings is 2. The van der Waals surface area contributed by atoms with Crippen LogP contribution in [0.4, 0.5) is 0 Å². The highest BCUT2D eigenvalue weighted by Crippen LogP contribution is 2.28. The lowest BCUT2D eigenvalue weighted by atomic mass is 10.0. The molecule has 3 amide bonds. The zero-order chi connectivity index (χ0) is 28.8. The Morgan fingerprint density at radius 1 is 1.12 bits per heavy atom. The summed E-state index contributed by atoms with van der Waals surface area (Å²) in [5, 5.41) is 13.6. The van der Waals surface area contributed by atoms with Gasteiger partial charge in [0.25, 0.3) is 5.91 Å². The van der Waals surface area contributed by atoms with Crippen molar-refractivity contribution in [2.24, 2.45) is 0 Å². The Balaban J connectivity index is 1.03. The first kappa shape index (κ1) is 28.1. The molecule has 41 heavy (non-hydrogen) atoms. The molecule has 2 atom stereocenters. The molecule has 0 radical (unpaired) electrons. The summed E-state index contributed by atoms with van der Waals surface area (Å²) in [6.45, 7) is 2.56. The number of carbonyl (C=O) groups excluding carboxylic acids is 3. The Labute approximate surface area is 240 Å². The average molecular weight is 553 g/mol. The average Bonchev–Trinajstić information content (AvgIpc) is 3.30. The van der Waals surface area contributed by atoms with Crippen molar-refractivity contribution in [2.45, 2.75) is 76.9 Å². The second kappa shape index (κ2) is 12.8. The van der Waals surface area contributed by atoms with Crippen LogP contribution in [-0.4, -0.2) is 50.9 Å². The second-order valence-electron chi connectivity index (χ2n) is 10.9. The molecule has 5 rings (SSSR count). The van der Waals surface area contributed by atoms with Crippen molar-refractivity contribution in [3.63, 3.8) is 0 Å². The number of fused-ring (bicyclic) bond motifs is 2. The number of imide groups is 1. The molecule has 3 heterocycles. The first-order valence-corrected chi connectivity index (χ1v) is 14.4. The molecule has 0 aliphatic carbocycles. The summed E-state index contributed by atoms with van der Waals surface area (Å²) < 4.78 is 0. The van der Waals surface area contributed by atoms with E-state index in [1.807, 2.05) is 42.6 Å². The topological polar surface area (TPSA) is 128 Å². The minimum Gasteiger partial charge on any atom is -0.388 e. The molecular formula is C32H36N6O3. The van der Waals surface area contributed by atoms with E-state index < -0.39 is 6.04 Å². The van der Waals surface area contributed by atoms with E-state index in [4.69, 9.17) is 5.41 Å². The van der Waals surface area contributed by atoms with Crippen LogP contribution in [0, 0.1) is 5.41 Å². The smallest absolute Gasteiger partial charge is 0.255 e. The summed E-state index contributed by atoms with van der Waals surface area (Å²) in [7, 11) is 0. The predicted molar refractivity (Wildman–Crippen MR) is 158 cm³/mol. The number of amides is 3. The first-order valence-electron chi connectivity index (χ1n) is 14.4. The minimum atomic E-state index is -0.576. The van der Waals surface area contributed by atoms with Crippen molar-refractivity contribution >= 4 is 40.5 Å². The first-order chi connectivity index (χ1) is 19.9. The monoisotopic (exact) mass is 552 g/mol. The highest BCUT2D eigenvalue weighted by molar-refractivity contribution is 6.07. The van der Waals surface area contributed by atoms with Crippen LogP contribution in [-0.2, 0) is 22.6 Å². The van der Waals surface area contributed by atoms with Gasteiger partial charge in [-0.2, -0.15) is 0 Å². The lowest BCUT2D eigenvalue weighted by Crippen LogP contribution is -2.52. The molecule has 0 bridgehead atoms. The largest absolute Gasteiger partial charge is 0.388 e. The van der Waals surface area contributed by atoms with Gasteiger partial charge in [0.15, 0.2) is 0 Å². The third-order valence-electron chi connectivity index (χ3n) is 7.87. The summed E-state index contributed by atoms with van der Waals surface area (Å²) in [4.78, 5) is 47.4. The van der Waals surface area contributed by atoms with E-state index in [0.717, 1.165) is 60.7 Å². The summed E-state index contributed by atoms with van der Waals surface area (Å²) in [6, 6.07) is 13.5. The van der Waals surface area contributed by atoms with Crippen LogP contribution < -0.4 is 10.6 Å². The van der Waals surface area contributed by atoms with Crippen LogP contribution in [0.2, 0.25) is 0 Å². The number of rotatable bonds is 12. The van der Waals surface area contributed by atoms with Crippen LogP contribution >= 0.6 is 0 Å². The van der Waals surface area contributed by atoms with Gasteiger partial charge in [-0.1, -0.05) is 43.5 Å². The van der Waals surface area contributed by atoms with E-state index in [1.165, 1.54) is 6.21 Å². The molecule has 2 aromatic carbocycles. The van der Waals surface area contributed by atoms with E-state index in [1.54, 1.807) is 11.1 Å². The van der Waals surface area contributed by atoms with E-state index in [-0.39, 0.29) is 30.2 Å². The molecule has 1 aromatic heterocycles. The third kappa shape index (κ3) is 6.67. The van der Waals surface area contributed by atoms with Crippen LogP contribution in [0.3, 0.4) is 0 Å². The molecule has 9 nitrogen and oxygen atoms in total. The van der Waals surface area contributed by atoms with Crippen molar-refractivity contribution in [3.05, 3.63) is 77.2 Å². The molecule has 0 spiro atoms. The number of hydrogen-bond acceptors (Lipinski definition) is 7. The van der Waals surface area contributed by atoms with Gasteiger partial charge in [0.2, 0.25) is 11.8 Å². The number of allylic oxidation sites excluding steroid dienone is 1. The van der Waals surface area contributed by atoms with Gasteiger partial charge in [-0.3, -0.25) is 24.7 Å². The normalized spacial score (nSPS) is 17.9. The number of aryl methyl sites for hydroxylation is 1. The van der Waals surface area contributed by atoms with Gasteiger partial charge in [0, 0.05) is 42.6 Å². The van der Waals surface area contributed by atoms with Crippen LogP contribution in [0.1, 0.15) is 79.0 Å². The number of piperidine rings is 1. The van der Waals surface area contributed by atoms with Crippen molar-refractivity contribution in [3.8, 4) is 0 Å². The second-order valence-corrected chi connectivity index (χ2v) is 10.9. The maximum absolute atomic E-state index is 13.0. The van der Waals surface area contributed by atoms with Gasteiger partial charge in [-0.25, -0.2) is 4.98 Å². The number of hydrogen-bond donors (Lipinski definition) is 3. The highest BCUT2D eigenvalue weighted by Gasteiger charge is 2.39. The minimum absolute atomic E-state index is 0.120. The maximum Gasteiger partial charge on any atom is 0.255 e. The van der Waals surface area contributed by atoms with E-state index in [0.29, 0.717) is 29.8 Å². The molecule has 9 heteroatoms. The third-order valence-corrected chi connectivity index (χ3v) is 7.87. The highest BCUT2D eigenvalue weighted by atomic mass is 16.2. The fourth-order valence-corrected chi connectivity index (χ4v) is 5.49. The summed E-state index contributed by atoms with van der Waals surface area (Å²) in [6.07, 6.45) is 11.8. The van der Waals surface area contributed by atoms with Gasteiger partial charge >= 0.3 is 0 Å². The predicted octanol–water partition coefficient (Wildman–Crippen LogP) is 4.55. The quantitative estimate of drug-likeness (QED) is 0.172. The van der Waals surface area contributed by atoms with E-state index in [2.05, 4.69) is 33.6 Å². The van der Waals surface area contributed by atoms with Crippen molar-refractivity contribution in [1.82, 2.24) is 25.5 Å². The van der Waals surface area contributed by atoms with Gasteiger partial charge in [0.1, 0.15) is 6.04 Å². The van der Waals surface area contributed by atoms with E-state index >= 15 is 0 Å². The standard InChI is InChI=1S/C32H36N6O3/c1-21(34-18-24(17-33)28-19-35-26-10-6-7-11-27(26)36-28)8-4-2-3-5-9-22-12-13-23-20-38(32(41)25(23)16-22)29-14-15-30(39)37-31(29)40/h6-7,10-13,16-19,21,29,33-34H,2-5,8-9,14-15,20H2,1H3,(H,37,39,40)/b24-18+,33-17?. The molecule has 2 aliphatic rings. The van der Waals surface area contributed by atoms with Gasteiger partial charge < -0.3 is 15.6 Å². The fraction of sp³-hybridized carbons (Fsp3) is 0.375. The Bertz CT molecular complexity index is 1500. The summed E-state index contributed by atoms with van der Waals surface area (Å²) in [5.74, 6) is -0.771. The van der Waals surface area contributed by atoms with Crippen LogP contribution in [0.15, 0.2) is 54.9 Å². The molecule has 2 unspecified atom stereocenters. The lowest BCUT2D eigenvalue weighted by Gasteiger charge is -2.29. The molecule has 212 valence electrons. The van der Waals surface area contributed by atoms with Crippen molar-refractivity contribution in [1.29, 1.82) is 5.41 Å². The Hall–Kier alpha value is -4.40. The zero-order valence-corrected chi connectivity index (χ0v) is 23.4. The maximum atomic E-state index is 13.0. The molecule has 1 fully saturated rings. The Kier molecular flexibility index (Phi) is 8.82. The molecule has 0 saturated carbocycles. The summed E-state index contributed by atoms with van der Waals surface area (Å²) in [5.41, 5.74) is 5.78. The Morgan fingerprint density at radius 3 is 2.73 bits per heavy atom. The number of carbonyl (C=O) groups is 3. The van der Waals surface area contributed by atoms with Crippen LogP contribution in [0.25, 0.3) is 16.6 Å². The van der Waals surface area contributed by atoms with E-state index in [9.17, 15) is 14.4 Å². The number of unbranched alkanes of at least 4 members (excludes halogenated alkanes) is 3.